The first-order valence-electron chi connectivity index (χ1n) is 7.20. The van der Waals surface area contributed by atoms with Crippen molar-refractivity contribution in [1.82, 2.24) is 9.88 Å². The Morgan fingerprint density at radius 1 is 1.48 bits per heavy atom. The molecule has 2 N–H and O–H groups in total. The lowest BCUT2D eigenvalue weighted by atomic mass is 9.98. The van der Waals surface area contributed by atoms with Crippen molar-refractivity contribution in [3.63, 3.8) is 0 Å². The number of aryl methyl sites for hydroxylation is 1. The number of anilines is 1. The van der Waals surface area contributed by atoms with Gasteiger partial charge in [-0.2, -0.15) is 0 Å². The molecule has 4 nitrogen and oxygen atoms in total. The first-order valence-corrected chi connectivity index (χ1v) is 8.08. The monoisotopic (exact) mass is 301 g/mol. The van der Waals surface area contributed by atoms with Gasteiger partial charge in [-0.25, -0.2) is 4.98 Å². The number of nitrogens with two attached hydrogens (primary N) is 1. The molecule has 1 unspecified atom stereocenters. The molecule has 0 spiro atoms. The van der Waals surface area contributed by atoms with Crippen LogP contribution in [0.4, 0.5) is 5.69 Å². The largest absolute Gasteiger partial charge is 0.399 e. The Kier molecular flexibility index (Phi) is 3.92. The Labute approximate surface area is 128 Å². The number of nitrogens with zero attached hydrogens (tertiary/aromatic N) is 2. The molecule has 1 saturated heterocycles. The fourth-order valence-corrected chi connectivity index (χ4v) is 3.70. The number of carbonyl (C=O) groups excluding carboxylic acids is 1. The van der Waals surface area contributed by atoms with E-state index in [0.29, 0.717) is 17.2 Å². The average molecular weight is 301 g/mol. The van der Waals surface area contributed by atoms with Gasteiger partial charge in [0.05, 0.1) is 5.01 Å². The number of aromatic nitrogens is 1. The van der Waals surface area contributed by atoms with E-state index in [9.17, 15) is 4.79 Å². The maximum Gasteiger partial charge on any atom is 0.253 e. The summed E-state index contributed by atoms with van der Waals surface area (Å²) in [5.41, 5.74) is 8.13. The zero-order chi connectivity index (χ0) is 14.8. The fraction of sp³-hybridized carbons (Fsp3) is 0.375. The zero-order valence-corrected chi connectivity index (χ0v) is 12.9. The topological polar surface area (TPSA) is 59.2 Å². The second kappa shape index (κ2) is 5.85. The van der Waals surface area contributed by atoms with E-state index in [4.69, 9.17) is 5.73 Å². The molecule has 1 atom stereocenters. The Bertz CT molecular complexity index is 652. The predicted octanol–water partition coefficient (Wildman–Crippen LogP) is 3.05. The number of thiazole rings is 1. The van der Waals surface area contributed by atoms with Crippen molar-refractivity contribution < 1.29 is 4.79 Å². The van der Waals surface area contributed by atoms with Crippen molar-refractivity contribution in [3.8, 4) is 0 Å². The molecule has 1 fully saturated rings. The number of benzene rings is 1. The van der Waals surface area contributed by atoms with E-state index in [1.807, 2.05) is 24.0 Å². The van der Waals surface area contributed by atoms with Crippen LogP contribution in [0.25, 0.3) is 0 Å². The van der Waals surface area contributed by atoms with E-state index in [0.717, 1.165) is 36.6 Å². The third-order valence-corrected chi connectivity index (χ3v) is 4.95. The highest BCUT2D eigenvalue weighted by Gasteiger charge is 2.27. The van der Waals surface area contributed by atoms with Gasteiger partial charge in [-0.05, 0) is 38.0 Å². The van der Waals surface area contributed by atoms with Crippen molar-refractivity contribution in [2.75, 3.05) is 18.8 Å². The molecule has 2 aromatic rings. The summed E-state index contributed by atoms with van der Waals surface area (Å²) in [4.78, 5) is 19.1. The summed E-state index contributed by atoms with van der Waals surface area (Å²) < 4.78 is 0. The van der Waals surface area contributed by atoms with Gasteiger partial charge >= 0.3 is 0 Å². The number of piperidine rings is 1. The van der Waals surface area contributed by atoms with Crippen LogP contribution >= 0.6 is 11.3 Å². The SMILES string of the molecule is Cc1csc(C2CCCN(C(=O)c3cccc(N)c3)C2)n1. The molecule has 1 aromatic carbocycles. The van der Waals surface area contributed by atoms with Crippen LogP contribution in [-0.4, -0.2) is 28.9 Å². The zero-order valence-electron chi connectivity index (χ0n) is 12.1. The average Bonchev–Trinajstić information content (AvgIpc) is 2.93. The summed E-state index contributed by atoms with van der Waals surface area (Å²) in [7, 11) is 0. The van der Waals surface area contributed by atoms with E-state index in [-0.39, 0.29) is 5.91 Å². The first-order chi connectivity index (χ1) is 10.1. The van der Waals surface area contributed by atoms with Gasteiger partial charge in [0.25, 0.3) is 5.91 Å². The molecule has 1 amide bonds. The van der Waals surface area contributed by atoms with Crippen LogP contribution in [0, 0.1) is 6.92 Å². The number of hydrogen-bond acceptors (Lipinski definition) is 4. The van der Waals surface area contributed by atoms with Gasteiger partial charge in [-0.3, -0.25) is 4.79 Å². The number of nitrogen functional groups attached to an aromatic ring is 1. The van der Waals surface area contributed by atoms with Crippen molar-refractivity contribution in [2.45, 2.75) is 25.7 Å². The molecule has 0 bridgehead atoms. The fourth-order valence-electron chi connectivity index (χ4n) is 2.78. The van der Waals surface area contributed by atoms with Crippen molar-refractivity contribution in [3.05, 3.63) is 45.9 Å². The molecule has 110 valence electrons. The molecule has 0 aliphatic carbocycles. The molecule has 1 aliphatic rings. The van der Waals surface area contributed by atoms with E-state index in [2.05, 4.69) is 10.4 Å². The molecule has 0 saturated carbocycles. The van der Waals surface area contributed by atoms with E-state index in [1.165, 1.54) is 0 Å². The van der Waals surface area contributed by atoms with Gasteiger partial charge in [0.1, 0.15) is 0 Å². The highest BCUT2D eigenvalue weighted by atomic mass is 32.1. The summed E-state index contributed by atoms with van der Waals surface area (Å²) in [6.45, 7) is 3.58. The predicted molar refractivity (Wildman–Crippen MR) is 85.6 cm³/mol. The van der Waals surface area contributed by atoms with Crippen LogP contribution in [-0.2, 0) is 0 Å². The van der Waals surface area contributed by atoms with Gasteiger partial charge in [0, 0.05) is 41.3 Å². The Morgan fingerprint density at radius 3 is 3.05 bits per heavy atom. The molecule has 1 aliphatic heterocycles. The Hall–Kier alpha value is -1.88. The van der Waals surface area contributed by atoms with Crippen LogP contribution in [0.5, 0.6) is 0 Å². The third kappa shape index (κ3) is 3.08. The molecule has 0 radical (unpaired) electrons. The highest BCUT2D eigenvalue weighted by molar-refractivity contribution is 7.09. The first kappa shape index (κ1) is 14.1. The van der Waals surface area contributed by atoms with Crippen LogP contribution in [0.2, 0.25) is 0 Å². The number of hydrogen-bond donors (Lipinski definition) is 1. The van der Waals surface area contributed by atoms with E-state index in [1.54, 1.807) is 23.5 Å². The van der Waals surface area contributed by atoms with E-state index >= 15 is 0 Å². The lowest BCUT2D eigenvalue weighted by Crippen LogP contribution is -2.39. The van der Waals surface area contributed by atoms with Crippen LogP contribution < -0.4 is 5.73 Å². The normalized spacial score (nSPS) is 18.7. The number of rotatable bonds is 2. The number of carbonyl (C=O) groups is 1. The molecule has 21 heavy (non-hydrogen) atoms. The minimum Gasteiger partial charge on any atom is -0.399 e. The molecule has 3 rings (SSSR count). The summed E-state index contributed by atoms with van der Waals surface area (Å²) in [6, 6.07) is 7.21. The molecular formula is C16H19N3OS. The van der Waals surface area contributed by atoms with Crippen LogP contribution in [0.1, 0.15) is 39.8 Å². The van der Waals surface area contributed by atoms with Crippen molar-refractivity contribution in [2.24, 2.45) is 0 Å². The smallest absolute Gasteiger partial charge is 0.253 e. The lowest BCUT2D eigenvalue weighted by Gasteiger charge is -2.32. The van der Waals surface area contributed by atoms with Gasteiger partial charge in [0.15, 0.2) is 0 Å². The molecule has 1 aromatic heterocycles. The second-order valence-electron chi connectivity index (χ2n) is 5.54. The minimum atomic E-state index is 0.0697. The van der Waals surface area contributed by atoms with Gasteiger partial charge in [0.2, 0.25) is 0 Å². The summed E-state index contributed by atoms with van der Waals surface area (Å²) >= 11 is 1.70. The van der Waals surface area contributed by atoms with Crippen molar-refractivity contribution in [1.29, 1.82) is 0 Å². The Morgan fingerprint density at radius 2 is 2.33 bits per heavy atom. The molecule has 2 heterocycles. The quantitative estimate of drug-likeness (QED) is 0.867. The van der Waals surface area contributed by atoms with Gasteiger partial charge in [-0.1, -0.05) is 6.07 Å². The van der Waals surface area contributed by atoms with Gasteiger partial charge < -0.3 is 10.6 Å². The lowest BCUT2D eigenvalue weighted by molar-refractivity contribution is 0.0707. The molecular weight excluding hydrogens is 282 g/mol. The van der Waals surface area contributed by atoms with Crippen LogP contribution in [0.3, 0.4) is 0 Å². The summed E-state index contributed by atoms with van der Waals surface area (Å²) in [5, 5.41) is 3.23. The summed E-state index contributed by atoms with van der Waals surface area (Å²) in [6.07, 6.45) is 2.13. The van der Waals surface area contributed by atoms with Crippen molar-refractivity contribution >= 4 is 22.9 Å². The maximum absolute atomic E-state index is 12.6. The highest BCUT2D eigenvalue weighted by Crippen LogP contribution is 2.29. The standard InChI is InChI=1S/C16H19N3OS/c1-11-10-21-15(18-11)13-5-3-7-19(9-13)16(20)12-4-2-6-14(17)8-12/h2,4,6,8,10,13H,3,5,7,9,17H2,1H3. The minimum absolute atomic E-state index is 0.0697. The summed E-state index contributed by atoms with van der Waals surface area (Å²) in [5.74, 6) is 0.433. The van der Waals surface area contributed by atoms with E-state index < -0.39 is 0 Å². The molecule has 5 heteroatoms. The third-order valence-electron chi connectivity index (χ3n) is 3.83. The maximum atomic E-state index is 12.6. The van der Waals surface area contributed by atoms with Crippen LogP contribution in [0.15, 0.2) is 29.6 Å². The second-order valence-corrected chi connectivity index (χ2v) is 6.43. The Balaban J connectivity index is 1.75. The number of likely N-dealkylation sites (tertiary alicyclic amines) is 1. The number of amides is 1. The van der Waals surface area contributed by atoms with Gasteiger partial charge in [-0.15, -0.1) is 11.3 Å².